The van der Waals surface area contributed by atoms with Crippen molar-refractivity contribution in [2.24, 2.45) is 0 Å². The predicted octanol–water partition coefficient (Wildman–Crippen LogP) is 2.60. The number of anilines is 1. The second-order valence-electron chi connectivity index (χ2n) is 6.73. The molecular formula is C18H23F2N3O3. The van der Waals surface area contributed by atoms with E-state index in [1.807, 2.05) is 0 Å². The molecule has 0 aliphatic carbocycles. The summed E-state index contributed by atoms with van der Waals surface area (Å²) in [6.07, 6.45) is 2.64. The number of urea groups is 1. The predicted molar refractivity (Wildman–Crippen MR) is 91.7 cm³/mol. The Kier molecular flexibility index (Phi) is 5.41. The van der Waals surface area contributed by atoms with Crippen LogP contribution < -0.4 is 5.32 Å². The number of nitrogens with one attached hydrogen (secondary N) is 1. The zero-order chi connectivity index (χ0) is 18.7. The lowest BCUT2D eigenvalue weighted by Gasteiger charge is -2.44. The highest BCUT2D eigenvalue weighted by Crippen LogP contribution is 2.38. The van der Waals surface area contributed by atoms with Gasteiger partial charge in [0.2, 0.25) is 5.91 Å². The molecule has 0 saturated carbocycles. The molecule has 142 valence electrons. The number of hydrogen-bond donors (Lipinski definition) is 1. The minimum atomic E-state index is -0.903. The number of likely N-dealkylation sites (tertiary alicyclic amines) is 2. The Bertz CT molecular complexity index is 700. The van der Waals surface area contributed by atoms with Gasteiger partial charge in [0.05, 0.1) is 12.3 Å². The van der Waals surface area contributed by atoms with Crippen LogP contribution in [-0.2, 0) is 9.53 Å². The Balaban J connectivity index is 1.79. The first-order valence-electron chi connectivity index (χ1n) is 8.80. The van der Waals surface area contributed by atoms with Crippen molar-refractivity contribution in [1.82, 2.24) is 9.80 Å². The van der Waals surface area contributed by atoms with Crippen LogP contribution in [-0.4, -0.2) is 60.6 Å². The van der Waals surface area contributed by atoms with Gasteiger partial charge >= 0.3 is 6.03 Å². The van der Waals surface area contributed by atoms with Crippen molar-refractivity contribution >= 4 is 17.6 Å². The van der Waals surface area contributed by atoms with Crippen LogP contribution in [0.2, 0.25) is 0 Å². The fraction of sp³-hybridized carbons (Fsp3) is 0.556. The largest absolute Gasteiger partial charge is 0.383 e. The topological polar surface area (TPSA) is 61.9 Å². The monoisotopic (exact) mass is 367 g/mol. The molecule has 2 aliphatic rings. The summed E-state index contributed by atoms with van der Waals surface area (Å²) < 4.78 is 32.2. The fourth-order valence-electron chi connectivity index (χ4n) is 3.91. The summed E-state index contributed by atoms with van der Waals surface area (Å²) in [6.45, 7) is 1.96. The van der Waals surface area contributed by atoms with Crippen molar-refractivity contribution in [2.75, 3.05) is 38.7 Å². The Labute approximate surface area is 151 Å². The van der Waals surface area contributed by atoms with Crippen LogP contribution in [0.1, 0.15) is 25.7 Å². The molecule has 2 heterocycles. The summed E-state index contributed by atoms with van der Waals surface area (Å²) in [5.41, 5.74) is -1.13. The highest BCUT2D eigenvalue weighted by atomic mass is 19.1. The lowest BCUT2D eigenvalue weighted by molar-refractivity contribution is -0.146. The van der Waals surface area contributed by atoms with Gasteiger partial charge in [0.25, 0.3) is 0 Å². The summed E-state index contributed by atoms with van der Waals surface area (Å²) in [5.74, 6) is -1.45. The number of halogens is 2. The number of ether oxygens (including phenoxy) is 1. The van der Waals surface area contributed by atoms with Crippen molar-refractivity contribution in [3.8, 4) is 0 Å². The Hall–Kier alpha value is -2.22. The normalized spacial score (nSPS) is 23.0. The van der Waals surface area contributed by atoms with E-state index in [0.29, 0.717) is 45.5 Å². The lowest BCUT2D eigenvalue weighted by atomic mass is 9.85. The molecule has 8 heteroatoms. The van der Waals surface area contributed by atoms with E-state index in [0.717, 1.165) is 24.6 Å². The molecule has 1 spiro atoms. The molecule has 6 nitrogen and oxygen atoms in total. The van der Waals surface area contributed by atoms with Crippen LogP contribution in [0.4, 0.5) is 19.3 Å². The first-order valence-corrected chi connectivity index (χ1v) is 8.80. The number of piperidine rings is 1. The highest BCUT2D eigenvalue weighted by molar-refractivity contribution is 5.97. The van der Waals surface area contributed by atoms with Crippen LogP contribution in [0.25, 0.3) is 0 Å². The van der Waals surface area contributed by atoms with E-state index in [2.05, 4.69) is 5.32 Å². The van der Waals surface area contributed by atoms with Gasteiger partial charge < -0.3 is 19.9 Å². The molecule has 3 amide bonds. The van der Waals surface area contributed by atoms with Crippen molar-refractivity contribution in [3.63, 3.8) is 0 Å². The molecule has 0 aromatic heterocycles. The number of methoxy groups -OCH3 is 1. The molecule has 3 rings (SSSR count). The van der Waals surface area contributed by atoms with Crippen LogP contribution in [0.5, 0.6) is 0 Å². The summed E-state index contributed by atoms with van der Waals surface area (Å²) in [7, 11) is 1.58. The molecule has 26 heavy (non-hydrogen) atoms. The Morgan fingerprint density at radius 1 is 1.27 bits per heavy atom. The van der Waals surface area contributed by atoms with E-state index in [-0.39, 0.29) is 11.6 Å². The summed E-state index contributed by atoms with van der Waals surface area (Å²) in [6, 6.07) is 2.31. The van der Waals surface area contributed by atoms with E-state index in [1.165, 1.54) is 4.90 Å². The van der Waals surface area contributed by atoms with Gasteiger partial charge in [-0.25, -0.2) is 13.6 Å². The van der Waals surface area contributed by atoms with Gasteiger partial charge in [-0.3, -0.25) is 4.79 Å². The van der Waals surface area contributed by atoms with Crippen molar-refractivity contribution < 1.29 is 23.1 Å². The standard InChI is InChI=1S/C18H23F2N3O3/c1-26-11-10-22-8-2-6-18(16(22)24)7-3-9-23(18)17(25)21-15-12-13(19)4-5-14(15)20/h4-5,12H,2-3,6-11H2,1H3,(H,21,25). The van der Waals surface area contributed by atoms with Crippen molar-refractivity contribution in [1.29, 1.82) is 0 Å². The maximum atomic E-state index is 13.8. The smallest absolute Gasteiger partial charge is 0.322 e. The minimum absolute atomic E-state index is 0.0897. The minimum Gasteiger partial charge on any atom is -0.383 e. The zero-order valence-corrected chi connectivity index (χ0v) is 14.8. The van der Waals surface area contributed by atoms with Gasteiger partial charge in [-0.15, -0.1) is 0 Å². The first-order chi connectivity index (χ1) is 12.5. The van der Waals surface area contributed by atoms with Crippen molar-refractivity contribution in [2.45, 2.75) is 31.2 Å². The molecule has 1 unspecified atom stereocenters. The van der Waals surface area contributed by atoms with E-state index in [4.69, 9.17) is 4.74 Å². The zero-order valence-electron chi connectivity index (χ0n) is 14.8. The number of amides is 3. The van der Waals surface area contributed by atoms with Crippen LogP contribution >= 0.6 is 0 Å². The molecule has 2 aliphatic heterocycles. The van der Waals surface area contributed by atoms with Crippen LogP contribution in [0.3, 0.4) is 0 Å². The number of carbonyl (C=O) groups excluding carboxylic acids is 2. The maximum Gasteiger partial charge on any atom is 0.322 e. The average molecular weight is 367 g/mol. The average Bonchev–Trinajstić information content (AvgIpc) is 3.04. The SMILES string of the molecule is COCCN1CCCC2(CCCN2C(=O)Nc2cc(F)ccc2F)C1=O. The van der Waals surface area contributed by atoms with E-state index in [1.54, 1.807) is 12.0 Å². The third-order valence-corrected chi connectivity index (χ3v) is 5.17. The first kappa shape index (κ1) is 18.6. The third kappa shape index (κ3) is 3.38. The number of benzene rings is 1. The second-order valence-corrected chi connectivity index (χ2v) is 6.73. The molecule has 1 aromatic rings. The van der Waals surface area contributed by atoms with Crippen LogP contribution in [0, 0.1) is 11.6 Å². The molecular weight excluding hydrogens is 344 g/mol. The number of carbonyl (C=O) groups is 2. The van der Waals surface area contributed by atoms with Gasteiger partial charge in [0, 0.05) is 32.8 Å². The fourth-order valence-corrected chi connectivity index (χ4v) is 3.91. The molecule has 1 N–H and O–H groups in total. The molecule has 1 atom stereocenters. The van der Waals surface area contributed by atoms with Gasteiger partial charge in [-0.05, 0) is 37.8 Å². The quantitative estimate of drug-likeness (QED) is 0.890. The molecule has 2 fully saturated rings. The molecule has 0 bridgehead atoms. The summed E-state index contributed by atoms with van der Waals surface area (Å²) >= 11 is 0. The number of nitrogens with zero attached hydrogens (tertiary/aromatic N) is 2. The van der Waals surface area contributed by atoms with Gasteiger partial charge in [0.1, 0.15) is 17.2 Å². The van der Waals surface area contributed by atoms with Gasteiger partial charge in [-0.2, -0.15) is 0 Å². The molecule has 1 aromatic carbocycles. The number of rotatable bonds is 4. The third-order valence-electron chi connectivity index (χ3n) is 5.17. The van der Waals surface area contributed by atoms with Gasteiger partial charge in [0.15, 0.2) is 0 Å². The second kappa shape index (κ2) is 7.57. The highest BCUT2D eigenvalue weighted by Gasteiger charge is 2.52. The summed E-state index contributed by atoms with van der Waals surface area (Å²) in [4.78, 5) is 29.0. The van der Waals surface area contributed by atoms with E-state index >= 15 is 0 Å². The van der Waals surface area contributed by atoms with E-state index < -0.39 is 23.2 Å². The van der Waals surface area contributed by atoms with E-state index in [9.17, 15) is 18.4 Å². The summed E-state index contributed by atoms with van der Waals surface area (Å²) in [5, 5.41) is 2.42. The maximum absolute atomic E-state index is 13.8. The number of hydrogen-bond acceptors (Lipinski definition) is 3. The molecule has 0 radical (unpaired) electrons. The Morgan fingerprint density at radius 2 is 2.00 bits per heavy atom. The van der Waals surface area contributed by atoms with Crippen molar-refractivity contribution in [3.05, 3.63) is 29.8 Å². The molecule has 2 saturated heterocycles. The van der Waals surface area contributed by atoms with Gasteiger partial charge in [-0.1, -0.05) is 0 Å². The van der Waals surface area contributed by atoms with Crippen LogP contribution in [0.15, 0.2) is 18.2 Å². The lowest BCUT2D eigenvalue weighted by Crippen LogP contribution is -2.62. The Morgan fingerprint density at radius 3 is 2.73 bits per heavy atom.